The number of methoxy groups -OCH3 is 1. The van der Waals surface area contributed by atoms with Gasteiger partial charge < -0.3 is 4.74 Å². The molecule has 1 heterocycles. The zero-order valence-electron chi connectivity index (χ0n) is 11.1. The van der Waals surface area contributed by atoms with Gasteiger partial charge in [-0.05, 0) is 37.0 Å². The summed E-state index contributed by atoms with van der Waals surface area (Å²) in [6.45, 7) is 3.45. The largest absolute Gasteiger partial charge is 0.464 e. The molecule has 6 heteroatoms. The number of halogens is 3. The molecule has 0 fully saturated rings. The number of carbonyl (C=O) groups is 1. The van der Waals surface area contributed by atoms with E-state index in [0.717, 1.165) is 13.5 Å². The highest BCUT2D eigenvalue weighted by molar-refractivity contribution is 5.87. The molecule has 0 amide bonds. The van der Waals surface area contributed by atoms with Gasteiger partial charge in [0, 0.05) is 0 Å². The second-order valence-corrected chi connectivity index (χ2v) is 4.24. The highest BCUT2D eigenvalue weighted by Crippen LogP contribution is 2.33. The molecule has 0 saturated carbocycles. The molecule has 0 N–H and O–H groups in total. The molecule has 1 aromatic heterocycles. The van der Waals surface area contributed by atoms with Crippen molar-refractivity contribution in [3.63, 3.8) is 0 Å². The molecular formula is C13H16F3NO2. The zero-order chi connectivity index (χ0) is 14.6. The molecule has 0 atom stereocenters. The molecule has 0 aliphatic carbocycles. The summed E-state index contributed by atoms with van der Waals surface area (Å²) in [5.41, 5.74) is -0.730. The van der Waals surface area contributed by atoms with Gasteiger partial charge in [-0.25, -0.2) is 9.78 Å². The summed E-state index contributed by atoms with van der Waals surface area (Å²) >= 11 is 0. The second kappa shape index (κ2) is 6.04. The first-order valence-electron chi connectivity index (χ1n) is 5.97. The lowest BCUT2D eigenvalue weighted by atomic mass is 10.00. The standard InChI is InChI=1S/C13H16F3NO2/c1-4-5-6-9-8(2)7-10(12(18)19-3)17-11(9)13(14,15)16/h7H,4-6H2,1-3H3. The Morgan fingerprint density at radius 1 is 1.42 bits per heavy atom. The first kappa shape index (κ1) is 15.5. The molecule has 0 bridgehead atoms. The van der Waals surface area contributed by atoms with E-state index in [0.29, 0.717) is 18.4 Å². The number of alkyl halides is 3. The summed E-state index contributed by atoms with van der Waals surface area (Å²) in [5, 5.41) is 0. The van der Waals surface area contributed by atoms with E-state index in [9.17, 15) is 18.0 Å². The Morgan fingerprint density at radius 3 is 2.53 bits per heavy atom. The minimum Gasteiger partial charge on any atom is -0.464 e. The molecule has 0 saturated heterocycles. The van der Waals surface area contributed by atoms with Gasteiger partial charge in [-0.3, -0.25) is 0 Å². The quantitative estimate of drug-likeness (QED) is 0.789. The van der Waals surface area contributed by atoms with E-state index in [2.05, 4.69) is 9.72 Å². The van der Waals surface area contributed by atoms with Crippen LogP contribution >= 0.6 is 0 Å². The van der Waals surface area contributed by atoms with Crippen LogP contribution in [-0.4, -0.2) is 18.1 Å². The van der Waals surface area contributed by atoms with Crippen molar-refractivity contribution in [2.45, 2.75) is 39.3 Å². The minimum atomic E-state index is -4.57. The number of carbonyl (C=O) groups excluding carboxylic acids is 1. The smallest absolute Gasteiger partial charge is 0.433 e. The Hall–Kier alpha value is -1.59. The second-order valence-electron chi connectivity index (χ2n) is 4.24. The number of pyridine rings is 1. The molecule has 106 valence electrons. The van der Waals surface area contributed by atoms with Crippen LogP contribution in [0.5, 0.6) is 0 Å². The molecular weight excluding hydrogens is 259 g/mol. The van der Waals surface area contributed by atoms with Crippen molar-refractivity contribution in [1.29, 1.82) is 0 Å². The molecule has 19 heavy (non-hydrogen) atoms. The molecule has 0 aromatic carbocycles. The number of aromatic nitrogens is 1. The lowest BCUT2D eigenvalue weighted by Crippen LogP contribution is -2.17. The fraction of sp³-hybridized carbons (Fsp3) is 0.538. The third-order valence-electron chi connectivity index (χ3n) is 2.79. The summed E-state index contributed by atoms with van der Waals surface area (Å²) in [4.78, 5) is 14.7. The van der Waals surface area contributed by atoms with Crippen LogP contribution in [-0.2, 0) is 17.3 Å². The molecule has 0 aliphatic rings. The van der Waals surface area contributed by atoms with Crippen LogP contribution in [0.1, 0.15) is 47.1 Å². The van der Waals surface area contributed by atoms with Crippen molar-refractivity contribution in [2.24, 2.45) is 0 Å². The monoisotopic (exact) mass is 275 g/mol. The summed E-state index contributed by atoms with van der Waals surface area (Å²) < 4.78 is 43.4. The van der Waals surface area contributed by atoms with Crippen molar-refractivity contribution < 1.29 is 22.7 Å². The first-order valence-corrected chi connectivity index (χ1v) is 5.97. The van der Waals surface area contributed by atoms with Crippen LogP contribution in [0.3, 0.4) is 0 Å². The van der Waals surface area contributed by atoms with E-state index in [1.165, 1.54) is 6.07 Å². The fourth-order valence-corrected chi connectivity index (χ4v) is 1.81. The van der Waals surface area contributed by atoms with E-state index in [4.69, 9.17) is 0 Å². The van der Waals surface area contributed by atoms with Crippen LogP contribution in [0.25, 0.3) is 0 Å². The van der Waals surface area contributed by atoms with Crippen LogP contribution in [0.4, 0.5) is 13.2 Å². The highest BCUT2D eigenvalue weighted by Gasteiger charge is 2.36. The Kier molecular flexibility index (Phi) is 4.91. The highest BCUT2D eigenvalue weighted by atomic mass is 19.4. The maximum atomic E-state index is 13.0. The SMILES string of the molecule is CCCCc1c(C)cc(C(=O)OC)nc1C(F)(F)F. The average molecular weight is 275 g/mol. The van der Waals surface area contributed by atoms with Crippen molar-refractivity contribution in [3.05, 3.63) is 28.6 Å². The number of ether oxygens (including phenoxy) is 1. The van der Waals surface area contributed by atoms with Crippen LogP contribution in [0.2, 0.25) is 0 Å². The predicted octanol–water partition coefficient (Wildman–Crippen LogP) is 3.54. The van der Waals surface area contributed by atoms with E-state index in [-0.39, 0.29) is 11.3 Å². The van der Waals surface area contributed by atoms with E-state index >= 15 is 0 Å². The number of esters is 1. The van der Waals surface area contributed by atoms with Gasteiger partial charge in [0.15, 0.2) is 0 Å². The summed E-state index contributed by atoms with van der Waals surface area (Å²) in [7, 11) is 1.11. The van der Waals surface area contributed by atoms with Gasteiger partial charge in [-0.1, -0.05) is 13.3 Å². The molecule has 1 aromatic rings. The lowest BCUT2D eigenvalue weighted by Gasteiger charge is -2.15. The number of nitrogens with zero attached hydrogens (tertiary/aromatic N) is 1. The fourth-order valence-electron chi connectivity index (χ4n) is 1.81. The third kappa shape index (κ3) is 3.68. The Morgan fingerprint density at radius 2 is 2.05 bits per heavy atom. The van der Waals surface area contributed by atoms with Crippen LogP contribution in [0, 0.1) is 6.92 Å². The van der Waals surface area contributed by atoms with Gasteiger partial charge in [0.25, 0.3) is 0 Å². The Bertz CT molecular complexity index is 470. The van der Waals surface area contributed by atoms with Crippen molar-refractivity contribution in [1.82, 2.24) is 4.98 Å². The summed E-state index contributed by atoms with van der Waals surface area (Å²) in [6, 6.07) is 1.34. The van der Waals surface area contributed by atoms with E-state index in [1.54, 1.807) is 6.92 Å². The third-order valence-corrected chi connectivity index (χ3v) is 2.79. The maximum absolute atomic E-state index is 13.0. The normalized spacial score (nSPS) is 11.5. The lowest BCUT2D eigenvalue weighted by molar-refractivity contribution is -0.141. The minimum absolute atomic E-state index is 0.155. The van der Waals surface area contributed by atoms with Gasteiger partial charge in [0.2, 0.25) is 0 Å². The van der Waals surface area contributed by atoms with Crippen molar-refractivity contribution >= 4 is 5.97 Å². The zero-order valence-corrected chi connectivity index (χ0v) is 11.1. The first-order chi connectivity index (χ1) is 8.81. The average Bonchev–Trinajstić information content (AvgIpc) is 2.34. The van der Waals surface area contributed by atoms with Crippen LogP contribution in [0.15, 0.2) is 6.07 Å². The molecule has 0 spiro atoms. The number of hydrogen-bond acceptors (Lipinski definition) is 3. The van der Waals surface area contributed by atoms with Gasteiger partial charge in [-0.2, -0.15) is 13.2 Å². The molecule has 0 aliphatic heterocycles. The Balaban J connectivity index is 3.34. The number of unbranched alkanes of at least 4 members (excludes halogenated alkanes) is 1. The maximum Gasteiger partial charge on any atom is 0.433 e. The molecule has 3 nitrogen and oxygen atoms in total. The molecule has 1 rings (SSSR count). The van der Waals surface area contributed by atoms with Crippen molar-refractivity contribution in [3.8, 4) is 0 Å². The van der Waals surface area contributed by atoms with Crippen LogP contribution < -0.4 is 0 Å². The van der Waals surface area contributed by atoms with Gasteiger partial charge in [0.05, 0.1) is 7.11 Å². The number of aryl methyl sites for hydroxylation is 1. The van der Waals surface area contributed by atoms with E-state index < -0.39 is 17.8 Å². The van der Waals surface area contributed by atoms with Gasteiger partial charge >= 0.3 is 12.1 Å². The predicted molar refractivity (Wildman–Crippen MR) is 63.9 cm³/mol. The van der Waals surface area contributed by atoms with Gasteiger partial charge in [-0.15, -0.1) is 0 Å². The summed E-state index contributed by atoms with van der Waals surface area (Å²) in [6.07, 6.45) is -2.85. The topological polar surface area (TPSA) is 39.2 Å². The molecule has 0 radical (unpaired) electrons. The van der Waals surface area contributed by atoms with Crippen molar-refractivity contribution in [2.75, 3.05) is 7.11 Å². The van der Waals surface area contributed by atoms with E-state index in [1.807, 2.05) is 6.92 Å². The molecule has 0 unspecified atom stereocenters. The summed E-state index contributed by atoms with van der Waals surface area (Å²) in [5.74, 6) is -0.865. The van der Waals surface area contributed by atoms with Gasteiger partial charge in [0.1, 0.15) is 11.4 Å². The Labute approximate surface area is 109 Å². The number of rotatable bonds is 4. The number of hydrogen-bond donors (Lipinski definition) is 0.